The van der Waals surface area contributed by atoms with Crippen molar-refractivity contribution in [3.05, 3.63) is 0 Å². The van der Waals surface area contributed by atoms with Gasteiger partial charge in [0.05, 0.1) is 13.1 Å². The van der Waals surface area contributed by atoms with Crippen molar-refractivity contribution in [3.8, 4) is 0 Å². The van der Waals surface area contributed by atoms with Crippen LogP contribution in [0, 0.1) is 5.92 Å². The van der Waals surface area contributed by atoms with E-state index in [1.54, 1.807) is 0 Å². The molecule has 0 aromatic carbocycles. The molecule has 0 aromatic rings. The third-order valence-electron chi connectivity index (χ3n) is 3.37. The van der Waals surface area contributed by atoms with Crippen LogP contribution >= 0.6 is 0 Å². The molecule has 2 aliphatic rings. The molecule has 0 atom stereocenters. The Balaban J connectivity index is 0.000000581. The molecule has 1 aliphatic carbocycles. The van der Waals surface area contributed by atoms with Gasteiger partial charge in [-0.3, -0.25) is 4.90 Å². The molecule has 0 aromatic heterocycles. The van der Waals surface area contributed by atoms with Gasteiger partial charge in [0.25, 0.3) is 5.92 Å². The summed E-state index contributed by atoms with van der Waals surface area (Å²) in [6, 6.07) is 0.454. The fourth-order valence-electron chi connectivity index (χ4n) is 2.41. The molecule has 1 heterocycles. The average molecular weight is 249 g/mol. The maximum Gasteiger partial charge on any atom is 0.272 e. The topological polar surface area (TPSA) is 3.24 Å². The van der Waals surface area contributed by atoms with Crippen molar-refractivity contribution in [2.24, 2.45) is 5.92 Å². The number of alkyl halides is 2. The SMILES string of the molecule is CC.CC.CC1CCC(N2CC(F)(F)C2)CC1. The molecule has 0 N–H and O–H groups in total. The van der Waals surface area contributed by atoms with Gasteiger partial charge in [0.15, 0.2) is 0 Å². The highest BCUT2D eigenvalue weighted by molar-refractivity contribution is 4.92. The van der Waals surface area contributed by atoms with Crippen molar-refractivity contribution >= 4 is 0 Å². The lowest BCUT2D eigenvalue weighted by Gasteiger charge is -2.45. The molecule has 0 radical (unpaired) electrons. The standard InChI is InChI=1S/C10H17F2N.2C2H6/c1-8-2-4-9(5-3-8)13-6-10(11,12)7-13;2*1-2/h8-9H,2-7H2,1H3;2*1-2H3. The van der Waals surface area contributed by atoms with Gasteiger partial charge in [-0.2, -0.15) is 0 Å². The second-order valence-corrected chi connectivity index (χ2v) is 4.67. The van der Waals surface area contributed by atoms with Gasteiger partial charge < -0.3 is 0 Å². The van der Waals surface area contributed by atoms with E-state index in [4.69, 9.17) is 0 Å². The fourth-order valence-corrected chi connectivity index (χ4v) is 2.41. The van der Waals surface area contributed by atoms with Crippen molar-refractivity contribution < 1.29 is 8.78 Å². The van der Waals surface area contributed by atoms with Crippen LogP contribution in [0.1, 0.15) is 60.3 Å². The molecule has 0 amide bonds. The molecule has 2 rings (SSSR count). The van der Waals surface area contributed by atoms with Crippen LogP contribution in [-0.2, 0) is 0 Å². The van der Waals surface area contributed by atoms with Gasteiger partial charge in [0.1, 0.15) is 0 Å². The molecule has 3 heteroatoms. The van der Waals surface area contributed by atoms with Crippen LogP contribution < -0.4 is 0 Å². The third-order valence-corrected chi connectivity index (χ3v) is 3.37. The molecule has 0 unspecified atom stereocenters. The summed E-state index contributed by atoms with van der Waals surface area (Å²) < 4.78 is 25.2. The average Bonchev–Trinajstić information content (AvgIpc) is 2.32. The van der Waals surface area contributed by atoms with E-state index in [0.717, 1.165) is 18.8 Å². The van der Waals surface area contributed by atoms with Crippen LogP contribution in [0.5, 0.6) is 0 Å². The highest BCUT2D eigenvalue weighted by Crippen LogP contribution is 2.34. The number of halogens is 2. The molecular weight excluding hydrogens is 220 g/mol. The maximum atomic E-state index is 12.6. The summed E-state index contributed by atoms with van der Waals surface area (Å²) in [7, 11) is 0. The Hall–Kier alpha value is -0.180. The van der Waals surface area contributed by atoms with Gasteiger partial charge in [0.2, 0.25) is 0 Å². The molecule has 0 spiro atoms. The van der Waals surface area contributed by atoms with Crippen molar-refractivity contribution in [1.82, 2.24) is 4.90 Å². The summed E-state index contributed by atoms with van der Waals surface area (Å²) in [6.07, 6.45) is 4.67. The van der Waals surface area contributed by atoms with E-state index in [1.807, 2.05) is 32.6 Å². The van der Waals surface area contributed by atoms with Crippen LogP contribution in [0.25, 0.3) is 0 Å². The molecule has 1 nitrogen and oxygen atoms in total. The summed E-state index contributed by atoms with van der Waals surface area (Å²) >= 11 is 0. The van der Waals surface area contributed by atoms with Crippen LogP contribution in [0.15, 0.2) is 0 Å². The zero-order chi connectivity index (χ0) is 13.5. The van der Waals surface area contributed by atoms with Gasteiger partial charge in [-0.05, 0) is 31.6 Å². The van der Waals surface area contributed by atoms with Crippen LogP contribution in [0.2, 0.25) is 0 Å². The minimum atomic E-state index is -2.39. The number of hydrogen-bond acceptors (Lipinski definition) is 1. The van der Waals surface area contributed by atoms with Crippen molar-refractivity contribution in [2.75, 3.05) is 13.1 Å². The first kappa shape index (κ1) is 16.8. The summed E-state index contributed by atoms with van der Waals surface area (Å²) in [4.78, 5) is 1.95. The predicted octanol–water partition coefficient (Wildman–Crippen LogP) is 4.57. The van der Waals surface area contributed by atoms with E-state index >= 15 is 0 Å². The van der Waals surface area contributed by atoms with Gasteiger partial charge in [-0.25, -0.2) is 8.78 Å². The van der Waals surface area contributed by atoms with Gasteiger partial charge in [-0.15, -0.1) is 0 Å². The van der Waals surface area contributed by atoms with Crippen molar-refractivity contribution in [1.29, 1.82) is 0 Å². The quantitative estimate of drug-likeness (QED) is 0.658. The fraction of sp³-hybridized carbons (Fsp3) is 1.00. The Morgan fingerprint density at radius 3 is 1.65 bits per heavy atom. The molecule has 1 saturated heterocycles. The third kappa shape index (κ3) is 5.33. The molecule has 1 aliphatic heterocycles. The number of hydrogen-bond donors (Lipinski definition) is 0. The number of nitrogens with zero attached hydrogens (tertiary/aromatic N) is 1. The lowest BCUT2D eigenvalue weighted by atomic mass is 9.85. The zero-order valence-corrected chi connectivity index (χ0v) is 12.1. The first-order valence-corrected chi connectivity index (χ1v) is 7.19. The highest BCUT2D eigenvalue weighted by atomic mass is 19.3. The summed E-state index contributed by atoms with van der Waals surface area (Å²) in [5, 5.41) is 0. The normalized spacial score (nSPS) is 31.2. The zero-order valence-electron chi connectivity index (χ0n) is 12.1. The summed E-state index contributed by atoms with van der Waals surface area (Å²) in [6.45, 7) is 10.3. The van der Waals surface area contributed by atoms with E-state index < -0.39 is 5.92 Å². The number of likely N-dealkylation sites (tertiary alicyclic amines) is 1. The Kier molecular flexibility index (Phi) is 7.93. The van der Waals surface area contributed by atoms with E-state index in [0.29, 0.717) is 6.04 Å². The highest BCUT2D eigenvalue weighted by Gasteiger charge is 2.46. The van der Waals surface area contributed by atoms with Gasteiger partial charge in [-0.1, -0.05) is 34.6 Å². The monoisotopic (exact) mass is 249 g/mol. The van der Waals surface area contributed by atoms with Crippen LogP contribution in [-0.4, -0.2) is 30.0 Å². The minimum absolute atomic E-state index is 0.00600. The first-order chi connectivity index (χ1) is 8.07. The summed E-state index contributed by atoms with van der Waals surface area (Å²) in [5.74, 6) is -1.58. The molecule has 104 valence electrons. The Labute approximate surface area is 106 Å². The molecule has 0 bridgehead atoms. The smallest absolute Gasteiger partial charge is 0.272 e. The van der Waals surface area contributed by atoms with E-state index in [9.17, 15) is 8.78 Å². The first-order valence-electron chi connectivity index (χ1n) is 7.19. The Morgan fingerprint density at radius 1 is 0.882 bits per heavy atom. The van der Waals surface area contributed by atoms with Crippen LogP contribution in [0.4, 0.5) is 8.78 Å². The largest absolute Gasteiger partial charge is 0.288 e. The lowest BCUT2D eigenvalue weighted by Crippen LogP contribution is -2.60. The van der Waals surface area contributed by atoms with Crippen LogP contribution in [0.3, 0.4) is 0 Å². The van der Waals surface area contributed by atoms with E-state index in [2.05, 4.69) is 6.92 Å². The van der Waals surface area contributed by atoms with Gasteiger partial charge in [0, 0.05) is 6.04 Å². The molecule has 1 saturated carbocycles. The molecule has 17 heavy (non-hydrogen) atoms. The summed E-state index contributed by atoms with van der Waals surface area (Å²) in [5.41, 5.74) is 0. The lowest BCUT2D eigenvalue weighted by molar-refractivity contribution is -0.150. The molecular formula is C14H29F2N. The molecule has 2 fully saturated rings. The second-order valence-electron chi connectivity index (χ2n) is 4.67. The minimum Gasteiger partial charge on any atom is -0.288 e. The predicted molar refractivity (Wildman–Crippen MR) is 70.6 cm³/mol. The second kappa shape index (κ2) is 8.02. The Morgan fingerprint density at radius 2 is 1.29 bits per heavy atom. The Bertz CT molecular complexity index is 179. The number of rotatable bonds is 1. The van der Waals surface area contributed by atoms with E-state index in [-0.39, 0.29) is 13.1 Å². The van der Waals surface area contributed by atoms with Crippen molar-refractivity contribution in [2.45, 2.75) is 72.3 Å². The maximum absolute atomic E-state index is 12.6. The van der Waals surface area contributed by atoms with E-state index in [1.165, 1.54) is 12.8 Å². The van der Waals surface area contributed by atoms with Crippen molar-refractivity contribution in [3.63, 3.8) is 0 Å². The van der Waals surface area contributed by atoms with Gasteiger partial charge >= 0.3 is 0 Å².